The molecule has 0 aliphatic carbocycles. The van der Waals surface area contributed by atoms with E-state index in [9.17, 15) is 9.90 Å². The summed E-state index contributed by atoms with van der Waals surface area (Å²) in [6, 6.07) is 10.8. The van der Waals surface area contributed by atoms with E-state index in [0.29, 0.717) is 23.4 Å². The van der Waals surface area contributed by atoms with Crippen LogP contribution in [-0.2, 0) is 6.54 Å². The Kier molecular flexibility index (Phi) is 6.16. The number of ether oxygens (including phenoxy) is 2. The fourth-order valence-electron chi connectivity index (χ4n) is 3.18. The van der Waals surface area contributed by atoms with Crippen LogP contribution in [0.3, 0.4) is 0 Å². The van der Waals surface area contributed by atoms with Gasteiger partial charge in [0.1, 0.15) is 17.2 Å². The Morgan fingerprint density at radius 2 is 1.89 bits per heavy atom. The van der Waals surface area contributed by atoms with Crippen molar-refractivity contribution >= 4 is 11.9 Å². The Morgan fingerprint density at radius 3 is 2.61 bits per heavy atom. The maximum absolute atomic E-state index is 12.7. The predicted molar refractivity (Wildman–Crippen MR) is 110 cm³/mol. The third-order valence-corrected chi connectivity index (χ3v) is 4.85. The highest BCUT2D eigenvalue weighted by Crippen LogP contribution is 2.39. The molecule has 1 N–H and O–H groups in total. The van der Waals surface area contributed by atoms with Crippen LogP contribution in [0, 0.1) is 0 Å². The summed E-state index contributed by atoms with van der Waals surface area (Å²) in [7, 11) is 1.62. The van der Waals surface area contributed by atoms with Crippen molar-refractivity contribution in [1.82, 2.24) is 4.90 Å². The molecule has 0 saturated carbocycles. The first-order valence-electron chi connectivity index (χ1n) is 9.40. The highest BCUT2D eigenvalue weighted by Gasteiger charge is 2.31. The van der Waals surface area contributed by atoms with Gasteiger partial charge in [-0.3, -0.25) is 9.69 Å². The fourth-order valence-corrected chi connectivity index (χ4v) is 3.18. The molecule has 28 heavy (non-hydrogen) atoms. The normalized spacial score (nSPS) is 14.7. The molecule has 5 nitrogen and oxygen atoms in total. The molecule has 0 saturated heterocycles. The second-order valence-corrected chi connectivity index (χ2v) is 6.46. The second kappa shape index (κ2) is 8.76. The van der Waals surface area contributed by atoms with E-state index in [0.717, 1.165) is 24.4 Å². The molecule has 2 aromatic rings. The molecule has 3 rings (SSSR count). The van der Waals surface area contributed by atoms with Gasteiger partial charge in [-0.2, -0.15) is 0 Å². The minimum Gasteiger partial charge on any atom is -0.507 e. The Morgan fingerprint density at radius 1 is 1.14 bits per heavy atom. The zero-order valence-corrected chi connectivity index (χ0v) is 16.4. The van der Waals surface area contributed by atoms with Gasteiger partial charge >= 0.3 is 0 Å². The van der Waals surface area contributed by atoms with E-state index in [1.54, 1.807) is 31.4 Å². The minimum absolute atomic E-state index is 0.143. The Balaban J connectivity index is 1.87. The van der Waals surface area contributed by atoms with E-state index >= 15 is 0 Å². The number of para-hydroxylation sites is 1. The molecular weight excluding hydrogens is 354 g/mol. The first-order chi connectivity index (χ1) is 13.6. The summed E-state index contributed by atoms with van der Waals surface area (Å²) < 4.78 is 11.2. The molecule has 0 fully saturated rings. The highest BCUT2D eigenvalue weighted by atomic mass is 16.5. The lowest BCUT2D eigenvalue weighted by Gasteiger charge is -2.20. The molecular formula is C23H25NO4. The number of hydrogen-bond donors (Lipinski definition) is 1. The third-order valence-electron chi connectivity index (χ3n) is 4.85. The lowest BCUT2D eigenvalue weighted by atomic mass is 10.0. The number of hydrogen-bond acceptors (Lipinski definition) is 5. The number of fused-ring (bicyclic) bond motifs is 1. The van der Waals surface area contributed by atoms with Crippen LogP contribution in [0.4, 0.5) is 0 Å². The molecule has 1 aliphatic rings. The van der Waals surface area contributed by atoms with E-state index in [-0.39, 0.29) is 17.3 Å². The van der Waals surface area contributed by atoms with Gasteiger partial charge in [-0.25, -0.2) is 0 Å². The number of phenols is 1. The molecule has 0 amide bonds. The molecule has 5 heteroatoms. The molecule has 0 radical (unpaired) electrons. The van der Waals surface area contributed by atoms with Crippen molar-refractivity contribution in [2.24, 2.45) is 0 Å². The van der Waals surface area contributed by atoms with Gasteiger partial charge in [0.25, 0.3) is 0 Å². The number of carbonyl (C=O) groups is 1. The van der Waals surface area contributed by atoms with Crippen LogP contribution in [0.15, 0.2) is 54.3 Å². The topological polar surface area (TPSA) is 59.0 Å². The van der Waals surface area contributed by atoms with E-state index in [4.69, 9.17) is 9.47 Å². The first kappa shape index (κ1) is 19.7. The van der Waals surface area contributed by atoms with E-state index in [1.165, 1.54) is 0 Å². The van der Waals surface area contributed by atoms with Gasteiger partial charge in [-0.1, -0.05) is 44.2 Å². The number of rotatable bonds is 7. The summed E-state index contributed by atoms with van der Waals surface area (Å²) >= 11 is 0. The second-order valence-electron chi connectivity index (χ2n) is 6.46. The van der Waals surface area contributed by atoms with Crippen LogP contribution in [0.1, 0.15) is 35.3 Å². The average Bonchev–Trinajstić information content (AvgIpc) is 3.03. The van der Waals surface area contributed by atoms with E-state index in [2.05, 4.69) is 18.7 Å². The lowest BCUT2D eigenvalue weighted by Crippen LogP contribution is -2.22. The minimum atomic E-state index is -0.180. The summed E-state index contributed by atoms with van der Waals surface area (Å²) in [5.41, 5.74) is 2.04. The van der Waals surface area contributed by atoms with Gasteiger partial charge in [0.2, 0.25) is 5.78 Å². The number of Topliss-reactive ketones (excluding diaryl/α,β-unsaturated/α-hetero) is 1. The van der Waals surface area contributed by atoms with Gasteiger partial charge in [0.05, 0.1) is 18.2 Å². The first-order valence-corrected chi connectivity index (χ1v) is 9.40. The molecule has 0 atom stereocenters. The SMILES string of the molecule is CCN(CC)Cc1c(O)ccc2c1OC(=CC=Cc1ccccc1OC)C2=O. The molecule has 146 valence electrons. The highest BCUT2D eigenvalue weighted by molar-refractivity contribution is 6.12. The number of aromatic hydroxyl groups is 1. The molecule has 0 unspecified atom stereocenters. The number of ketones is 1. The van der Waals surface area contributed by atoms with Gasteiger partial charge in [-0.15, -0.1) is 0 Å². The maximum atomic E-state index is 12.7. The summed E-state index contributed by atoms with van der Waals surface area (Å²) in [5, 5.41) is 10.3. The molecule has 0 bridgehead atoms. The number of methoxy groups -OCH3 is 1. The summed E-state index contributed by atoms with van der Waals surface area (Å²) in [6.45, 7) is 6.34. The van der Waals surface area contributed by atoms with Crippen molar-refractivity contribution in [2.75, 3.05) is 20.2 Å². The predicted octanol–water partition coefficient (Wildman–Crippen LogP) is 4.42. The monoisotopic (exact) mass is 379 g/mol. The lowest BCUT2D eigenvalue weighted by molar-refractivity contribution is 0.101. The van der Waals surface area contributed by atoms with Crippen LogP contribution in [0.5, 0.6) is 17.2 Å². The Hall–Kier alpha value is -3.05. The number of benzene rings is 2. The summed E-state index contributed by atoms with van der Waals surface area (Å²) in [5.74, 6) is 1.41. The zero-order chi connectivity index (χ0) is 20.1. The molecule has 1 heterocycles. The number of nitrogens with zero attached hydrogens (tertiary/aromatic N) is 1. The van der Waals surface area contributed by atoms with Crippen molar-refractivity contribution in [2.45, 2.75) is 20.4 Å². The number of carbonyl (C=O) groups excluding carboxylic acids is 1. The van der Waals surface area contributed by atoms with Gasteiger partial charge in [0, 0.05) is 12.1 Å². The summed E-state index contributed by atoms with van der Waals surface area (Å²) in [4.78, 5) is 14.9. The molecule has 2 aromatic carbocycles. The smallest absolute Gasteiger partial charge is 0.231 e. The van der Waals surface area contributed by atoms with Crippen molar-refractivity contribution in [3.63, 3.8) is 0 Å². The van der Waals surface area contributed by atoms with Crippen LogP contribution in [0.2, 0.25) is 0 Å². The van der Waals surface area contributed by atoms with E-state index < -0.39 is 0 Å². The molecule has 0 spiro atoms. The van der Waals surface area contributed by atoms with Crippen LogP contribution < -0.4 is 9.47 Å². The Bertz CT molecular complexity index is 926. The fraction of sp³-hybridized carbons (Fsp3) is 0.261. The third kappa shape index (κ3) is 3.94. The summed E-state index contributed by atoms with van der Waals surface area (Å²) in [6.07, 6.45) is 5.27. The van der Waals surface area contributed by atoms with Gasteiger partial charge in [-0.05, 0) is 37.4 Å². The molecule has 1 aliphatic heterocycles. The van der Waals surface area contributed by atoms with Gasteiger partial charge in [0.15, 0.2) is 5.76 Å². The van der Waals surface area contributed by atoms with Crippen molar-refractivity contribution in [3.05, 3.63) is 71.0 Å². The Labute approximate surface area is 165 Å². The number of allylic oxidation sites excluding steroid dienone is 3. The maximum Gasteiger partial charge on any atom is 0.231 e. The van der Waals surface area contributed by atoms with E-state index in [1.807, 2.05) is 30.3 Å². The van der Waals surface area contributed by atoms with Crippen LogP contribution in [0.25, 0.3) is 6.08 Å². The standard InChI is InChI=1S/C23H25NO4/c1-4-24(5-2)15-18-19(25)14-13-17-22(26)21(28-23(17)18)12-8-10-16-9-6-7-11-20(16)27-3/h6-14,25H,4-5,15H2,1-3H3. The van der Waals surface area contributed by atoms with Crippen molar-refractivity contribution in [3.8, 4) is 17.2 Å². The quantitative estimate of drug-likeness (QED) is 0.722. The van der Waals surface area contributed by atoms with Crippen LogP contribution >= 0.6 is 0 Å². The van der Waals surface area contributed by atoms with Crippen molar-refractivity contribution < 1.29 is 19.4 Å². The molecule has 0 aromatic heterocycles. The van der Waals surface area contributed by atoms with Crippen LogP contribution in [-0.4, -0.2) is 36.0 Å². The number of phenolic OH excluding ortho intramolecular Hbond substituents is 1. The largest absolute Gasteiger partial charge is 0.507 e. The van der Waals surface area contributed by atoms with Gasteiger partial charge < -0.3 is 14.6 Å². The zero-order valence-electron chi connectivity index (χ0n) is 16.4. The average molecular weight is 379 g/mol. The van der Waals surface area contributed by atoms with Crippen molar-refractivity contribution in [1.29, 1.82) is 0 Å².